The van der Waals surface area contributed by atoms with Gasteiger partial charge in [-0.2, -0.15) is 0 Å². The van der Waals surface area contributed by atoms with Crippen LogP contribution in [0.1, 0.15) is 50.0 Å². The number of ether oxygens (including phenoxy) is 1. The van der Waals surface area contributed by atoms with Crippen molar-refractivity contribution >= 4 is 22.8 Å². The van der Waals surface area contributed by atoms with Crippen LogP contribution in [0.3, 0.4) is 0 Å². The number of phenolic OH excluding ortho intramolecular Hbond substituents is 1. The molecule has 0 spiro atoms. The third-order valence-corrected chi connectivity index (χ3v) is 5.56. The molecule has 1 aliphatic heterocycles. The Balaban J connectivity index is 2.20. The minimum Gasteiger partial charge on any atom is -0.506 e. The Morgan fingerprint density at radius 1 is 1.20 bits per heavy atom. The molecule has 3 aromatic rings. The summed E-state index contributed by atoms with van der Waals surface area (Å²) in [4.78, 5) is 25.7. The number of hydrogen-bond donors (Lipinski definition) is 1. The van der Waals surface area contributed by atoms with Crippen molar-refractivity contribution in [2.75, 3.05) is 0 Å². The summed E-state index contributed by atoms with van der Waals surface area (Å²) in [7, 11) is 0. The van der Waals surface area contributed by atoms with E-state index in [0.717, 1.165) is 5.56 Å². The summed E-state index contributed by atoms with van der Waals surface area (Å²) in [6.45, 7) is 7.49. The monoisotopic (exact) mass is 404 g/mol. The Morgan fingerprint density at radius 2 is 1.90 bits per heavy atom. The largest absolute Gasteiger partial charge is 0.506 e. The predicted molar refractivity (Wildman–Crippen MR) is 117 cm³/mol. The molecule has 0 aliphatic carbocycles. The van der Waals surface area contributed by atoms with Crippen molar-refractivity contribution in [2.45, 2.75) is 39.7 Å². The van der Waals surface area contributed by atoms with E-state index in [9.17, 15) is 14.7 Å². The van der Waals surface area contributed by atoms with E-state index in [4.69, 9.17) is 9.15 Å². The second-order valence-corrected chi connectivity index (χ2v) is 8.23. The highest BCUT2D eigenvalue weighted by Crippen LogP contribution is 2.48. The Labute approximate surface area is 174 Å². The minimum atomic E-state index is -0.626. The van der Waals surface area contributed by atoms with Gasteiger partial charge in [-0.1, -0.05) is 44.2 Å². The SMILES string of the molecule is CCC(C)C(=O)c1c(O)c2c(c3c(-c4ccccc4)cc(=O)oc13)OC(C)(C)C=C2. The van der Waals surface area contributed by atoms with E-state index in [-0.39, 0.29) is 28.6 Å². The molecule has 0 amide bonds. The van der Waals surface area contributed by atoms with Gasteiger partial charge < -0.3 is 14.3 Å². The van der Waals surface area contributed by atoms with Crippen LogP contribution in [0.4, 0.5) is 0 Å². The molecule has 1 atom stereocenters. The van der Waals surface area contributed by atoms with Crippen molar-refractivity contribution in [3.63, 3.8) is 0 Å². The number of Topliss-reactive ketones (excluding diaryl/α,β-unsaturated/α-hetero) is 1. The van der Waals surface area contributed by atoms with Gasteiger partial charge in [0.05, 0.1) is 10.9 Å². The molecule has 0 saturated heterocycles. The van der Waals surface area contributed by atoms with Crippen LogP contribution in [0.2, 0.25) is 0 Å². The van der Waals surface area contributed by atoms with Gasteiger partial charge >= 0.3 is 5.63 Å². The molecular weight excluding hydrogens is 380 g/mol. The van der Waals surface area contributed by atoms with Crippen LogP contribution in [0.15, 0.2) is 51.7 Å². The molecule has 154 valence electrons. The fraction of sp³-hybridized carbons (Fsp3) is 0.280. The molecule has 0 saturated carbocycles. The number of fused-ring (bicyclic) bond motifs is 3. The van der Waals surface area contributed by atoms with Gasteiger partial charge in [-0.25, -0.2) is 4.79 Å². The number of carbonyl (C=O) groups is 1. The zero-order valence-corrected chi connectivity index (χ0v) is 17.5. The third-order valence-electron chi connectivity index (χ3n) is 5.56. The fourth-order valence-corrected chi connectivity index (χ4v) is 3.73. The summed E-state index contributed by atoms with van der Waals surface area (Å²) < 4.78 is 11.8. The van der Waals surface area contributed by atoms with E-state index < -0.39 is 11.2 Å². The number of hydrogen-bond acceptors (Lipinski definition) is 5. The Hall–Kier alpha value is -3.34. The van der Waals surface area contributed by atoms with Gasteiger partial charge in [-0.3, -0.25) is 4.79 Å². The first-order valence-corrected chi connectivity index (χ1v) is 10.1. The first kappa shape index (κ1) is 20.0. The molecule has 0 fully saturated rings. The zero-order valence-electron chi connectivity index (χ0n) is 17.5. The molecule has 1 aromatic heterocycles. The maximum absolute atomic E-state index is 13.2. The van der Waals surface area contributed by atoms with Crippen LogP contribution in [0.25, 0.3) is 28.2 Å². The Bertz CT molecular complexity index is 1230. The maximum atomic E-state index is 13.2. The number of carbonyl (C=O) groups excluding carboxylic acids is 1. The van der Waals surface area contributed by atoms with Gasteiger partial charge in [-0.05, 0) is 38.0 Å². The lowest BCUT2D eigenvalue weighted by atomic mass is 9.88. The van der Waals surface area contributed by atoms with Crippen molar-refractivity contribution in [1.82, 2.24) is 0 Å². The zero-order chi connectivity index (χ0) is 21.6. The summed E-state index contributed by atoms with van der Waals surface area (Å²) in [5.74, 6) is -0.427. The molecule has 5 heteroatoms. The van der Waals surface area contributed by atoms with Gasteiger partial charge in [-0.15, -0.1) is 0 Å². The second-order valence-electron chi connectivity index (χ2n) is 8.23. The summed E-state index contributed by atoms with van der Waals surface area (Å²) in [5.41, 5.74) is 0.682. The standard InChI is InChI=1S/C25H24O5/c1-5-14(2)21(27)20-22(28)16-11-12-25(3,4)30-23(16)19-17(13-18(26)29-24(19)20)15-9-7-6-8-10-15/h6-14,28H,5H2,1-4H3. The molecule has 0 radical (unpaired) electrons. The van der Waals surface area contributed by atoms with Crippen LogP contribution in [-0.4, -0.2) is 16.5 Å². The quantitative estimate of drug-likeness (QED) is 0.454. The molecule has 1 unspecified atom stereocenters. The molecule has 30 heavy (non-hydrogen) atoms. The van der Waals surface area contributed by atoms with Gasteiger partial charge in [0.2, 0.25) is 0 Å². The van der Waals surface area contributed by atoms with Crippen LogP contribution < -0.4 is 10.4 Å². The highest BCUT2D eigenvalue weighted by Gasteiger charge is 2.33. The normalized spacial score (nSPS) is 15.5. The number of aromatic hydroxyl groups is 1. The van der Waals surface area contributed by atoms with E-state index in [1.165, 1.54) is 6.07 Å². The molecule has 1 aliphatic rings. The smallest absolute Gasteiger partial charge is 0.336 e. The number of benzene rings is 2. The fourth-order valence-electron chi connectivity index (χ4n) is 3.73. The van der Waals surface area contributed by atoms with Crippen LogP contribution in [0, 0.1) is 5.92 Å². The Morgan fingerprint density at radius 3 is 2.57 bits per heavy atom. The average Bonchev–Trinajstić information content (AvgIpc) is 2.72. The van der Waals surface area contributed by atoms with E-state index >= 15 is 0 Å². The van der Waals surface area contributed by atoms with E-state index in [1.54, 1.807) is 13.0 Å². The molecule has 5 nitrogen and oxygen atoms in total. The summed E-state index contributed by atoms with van der Waals surface area (Å²) in [5, 5.41) is 11.6. The number of ketones is 1. The first-order chi connectivity index (χ1) is 14.2. The van der Waals surface area contributed by atoms with E-state index in [2.05, 4.69) is 0 Å². The van der Waals surface area contributed by atoms with Crippen LogP contribution in [-0.2, 0) is 0 Å². The van der Waals surface area contributed by atoms with Crippen molar-refractivity contribution in [3.8, 4) is 22.6 Å². The van der Waals surface area contributed by atoms with Crippen LogP contribution >= 0.6 is 0 Å². The first-order valence-electron chi connectivity index (χ1n) is 10.1. The van der Waals surface area contributed by atoms with Gasteiger partial charge in [0.25, 0.3) is 0 Å². The van der Waals surface area contributed by atoms with Crippen molar-refractivity contribution < 1.29 is 19.1 Å². The minimum absolute atomic E-state index is 0.0286. The van der Waals surface area contributed by atoms with Crippen molar-refractivity contribution in [3.05, 3.63) is 64.0 Å². The van der Waals surface area contributed by atoms with E-state index in [0.29, 0.717) is 28.7 Å². The van der Waals surface area contributed by atoms with Crippen molar-refractivity contribution in [1.29, 1.82) is 0 Å². The third kappa shape index (κ3) is 3.20. The maximum Gasteiger partial charge on any atom is 0.336 e. The molecule has 4 rings (SSSR count). The second kappa shape index (κ2) is 7.17. The summed E-state index contributed by atoms with van der Waals surface area (Å²) in [6, 6.07) is 10.8. The van der Waals surface area contributed by atoms with Crippen LogP contribution in [0.5, 0.6) is 11.5 Å². The lowest BCUT2D eigenvalue weighted by molar-refractivity contribution is 0.0925. The van der Waals surface area contributed by atoms with E-state index in [1.807, 2.05) is 57.2 Å². The number of rotatable bonds is 4. The lowest BCUT2D eigenvalue weighted by Crippen LogP contribution is -2.28. The molecule has 2 heterocycles. The molecule has 0 bridgehead atoms. The molecule has 1 N–H and O–H groups in total. The lowest BCUT2D eigenvalue weighted by Gasteiger charge is -2.30. The summed E-state index contributed by atoms with van der Waals surface area (Å²) >= 11 is 0. The van der Waals surface area contributed by atoms with Crippen molar-refractivity contribution in [2.24, 2.45) is 5.92 Å². The van der Waals surface area contributed by atoms with Gasteiger partial charge in [0.1, 0.15) is 22.7 Å². The topological polar surface area (TPSA) is 76.7 Å². The molecule has 2 aromatic carbocycles. The molecular formula is C25H24O5. The summed E-state index contributed by atoms with van der Waals surface area (Å²) in [6.07, 6.45) is 4.19. The van der Waals surface area contributed by atoms with Gasteiger partial charge in [0, 0.05) is 17.5 Å². The highest BCUT2D eigenvalue weighted by atomic mass is 16.5. The predicted octanol–water partition coefficient (Wildman–Crippen LogP) is 5.58. The average molecular weight is 404 g/mol. The Kier molecular flexibility index (Phi) is 4.77. The highest BCUT2D eigenvalue weighted by molar-refractivity contribution is 6.15. The van der Waals surface area contributed by atoms with Gasteiger partial charge in [0.15, 0.2) is 11.4 Å². The number of phenols is 1.